The summed E-state index contributed by atoms with van der Waals surface area (Å²) in [6, 6.07) is 0. The number of rotatable bonds is 7. The van der Waals surface area contributed by atoms with Crippen LogP contribution in [0, 0.1) is 0 Å². The van der Waals surface area contributed by atoms with E-state index in [0.717, 1.165) is 12.8 Å². The standard InChI is InChI=1S/C12H22O/c1-3-5-6-7-9-12(4-2)10-8-11-13/h8,13H,3-7,9,11H2,1-2H3. The van der Waals surface area contributed by atoms with E-state index in [-0.39, 0.29) is 6.61 Å². The van der Waals surface area contributed by atoms with Crippen molar-refractivity contribution in [1.29, 1.82) is 0 Å². The molecule has 1 N–H and O–H groups in total. The summed E-state index contributed by atoms with van der Waals surface area (Å²) in [5, 5.41) is 8.59. The first-order valence-corrected chi connectivity index (χ1v) is 5.38. The van der Waals surface area contributed by atoms with Gasteiger partial charge in [-0.1, -0.05) is 33.1 Å². The smallest absolute Gasteiger partial charge is 0.0686 e. The molecule has 0 aliphatic rings. The first kappa shape index (κ1) is 12.5. The second-order valence-electron chi connectivity index (χ2n) is 3.30. The minimum Gasteiger partial charge on any atom is -0.392 e. The van der Waals surface area contributed by atoms with Crippen molar-refractivity contribution >= 4 is 0 Å². The molecule has 0 unspecified atom stereocenters. The predicted molar refractivity (Wildman–Crippen MR) is 57.7 cm³/mol. The topological polar surface area (TPSA) is 20.2 Å². The van der Waals surface area contributed by atoms with Crippen molar-refractivity contribution in [1.82, 2.24) is 0 Å². The van der Waals surface area contributed by atoms with Crippen molar-refractivity contribution < 1.29 is 5.11 Å². The zero-order chi connectivity index (χ0) is 9.94. The molecule has 0 rings (SSSR count). The summed E-state index contributed by atoms with van der Waals surface area (Å²) in [6.07, 6.45) is 9.12. The van der Waals surface area contributed by atoms with Crippen molar-refractivity contribution in [2.45, 2.75) is 52.4 Å². The quantitative estimate of drug-likeness (QED) is 0.472. The molecule has 0 fully saturated rings. The van der Waals surface area contributed by atoms with E-state index in [1.807, 2.05) is 0 Å². The highest BCUT2D eigenvalue weighted by atomic mass is 16.2. The second kappa shape index (κ2) is 9.57. The van der Waals surface area contributed by atoms with E-state index in [0.29, 0.717) is 0 Å². The normalized spacial score (nSPS) is 9.46. The molecule has 1 nitrogen and oxygen atoms in total. The van der Waals surface area contributed by atoms with E-state index in [9.17, 15) is 0 Å². The van der Waals surface area contributed by atoms with Gasteiger partial charge in [0.15, 0.2) is 0 Å². The van der Waals surface area contributed by atoms with Crippen molar-refractivity contribution in [3.8, 4) is 0 Å². The first-order chi connectivity index (χ1) is 6.35. The Bertz CT molecular complexity index is 164. The van der Waals surface area contributed by atoms with Crippen LogP contribution in [0.3, 0.4) is 0 Å². The maximum absolute atomic E-state index is 8.59. The Balaban J connectivity index is 3.66. The van der Waals surface area contributed by atoms with E-state index < -0.39 is 0 Å². The molecule has 0 spiro atoms. The van der Waals surface area contributed by atoms with E-state index in [2.05, 4.69) is 19.6 Å². The van der Waals surface area contributed by atoms with Crippen LogP contribution in [0.1, 0.15) is 52.4 Å². The van der Waals surface area contributed by atoms with Crippen LogP contribution < -0.4 is 0 Å². The zero-order valence-corrected chi connectivity index (χ0v) is 8.97. The third kappa shape index (κ3) is 7.83. The van der Waals surface area contributed by atoms with Crippen molar-refractivity contribution in [2.75, 3.05) is 6.61 Å². The summed E-state index contributed by atoms with van der Waals surface area (Å²) in [5.41, 5.74) is 4.48. The van der Waals surface area contributed by atoms with Crippen LogP contribution in [0.25, 0.3) is 0 Å². The highest BCUT2D eigenvalue weighted by Crippen LogP contribution is 2.11. The van der Waals surface area contributed by atoms with Gasteiger partial charge in [-0.2, -0.15) is 0 Å². The van der Waals surface area contributed by atoms with Crippen molar-refractivity contribution in [3.63, 3.8) is 0 Å². The Morgan fingerprint density at radius 1 is 1.23 bits per heavy atom. The molecular weight excluding hydrogens is 160 g/mol. The van der Waals surface area contributed by atoms with E-state index >= 15 is 0 Å². The molecule has 0 heterocycles. The highest BCUT2D eigenvalue weighted by molar-refractivity contribution is 5.00. The molecule has 0 saturated carbocycles. The maximum Gasteiger partial charge on any atom is 0.0686 e. The van der Waals surface area contributed by atoms with E-state index in [1.54, 1.807) is 6.08 Å². The van der Waals surface area contributed by atoms with Gasteiger partial charge < -0.3 is 5.11 Å². The molecule has 76 valence electrons. The highest BCUT2D eigenvalue weighted by Gasteiger charge is 1.92. The monoisotopic (exact) mass is 182 g/mol. The van der Waals surface area contributed by atoms with Gasteiger partial charge in [0.05, 0.1) is 6.61 Å². The van der Waals surface area contributed by atoms with Gasteiger partial charge >= 0.3 is 0 Å². The average Bonchev–Trinajstić information content (AvgIpc) is 2.17. The lowest BCUT2D eigenvalue weighted by Crippen LogP contribution is -1.82. The van der Waals surface area contributed by atoms with Gasteiger partial charge in [-0.15, -0.1) is 5.73 Å². The molecule has 0 atom stereocenters. The molecule has 0 aliphatic heterocycles. The summed E-state index contributed by atoms with van der Waals surface area (Å²) >= 11 is 0. The fourth-order valence-corrected chi connectivity index (χ4v) is 1.31. The van der Waals surface area contributed by atoms with Gasteiger partial charge in [0.25, 0.3) is 0 Å². The fourth-order valence-electron chi connectivity index (χ4n) is 1.31. The second-order valence-corrected chi connectivity index (χ2v) is 3.30. The summed E-state index contributed by atoms with van der Waals surface area (Å²) < 4.78 is 0. The Morgan fingerprint density at radius 3 is 2.54 bits per heavy atom. The molecule has 0 aliphatic carbocycles. The van der Waals surface area contributed by atoms with Gasteiger partial charge in [0.1, 0.15) is 0 Å². The molecule has 0 radical (unpaired) electrons. The molecular formula is C12H22O. The van der Waals surface area contributed by atoms with Crippen molar-refractivity contribution in [3.05, 3.63) is 17.4 Å². The van der Waals surface area contributed by atoms with Gasteiger partial charge in [-0.05, 0) is 30.9 Å². The van der Waals surface area contributed by atoms with Crippen LogP contribution >= 0.6 is 0 Å². The minimum absolute atomic E-state index is 0.110. The molecule has 13 heavy (non-hydrogen) atoms. The summed E-state index contributed by atoms with van der Waals surface area (Å²) in [7, 11) is 0. The average molecular weight is 182 g/mol. The third-order valence-electron chi connectivity index (χ3n) is 2.16. The largest absolute Gasteiger partial charge is 0.392 e. The Morgan fingerprint density at radius 2 is 2.00 bits per heavy atom. The number of aliphatic hydroxyl groups excluding tert-OH is 1. The zero-order valence-electron chi connectivity index (χ0n) is 8.97. The Kier molecular flexibility index (Phi) is 9.18. The van der Waals surface area contributed by atoms with Crippen molar-refractivity contribution in [2.24, 2.45) is 0 Å². The van der Waals surface area contributed by atoms with Gasteiger partial charge in [0, 0.05) is 0 Å². The van der Waals surface area contributed by atoms with Crippen LogP contribution in [0.4, 0.5) is 0 Å². The van der Waals surface area contributed by atoms with E-state index in [1.165, 1.54) is 31.3 Å². The lowest BCUT2D eigenvalue weighted by Gasteiger charge is -2.00. The molecule has 0 bridgehead atoms. The van der Waals surface area contributed by atoms with Gasteiger partial charge in [-0.25, -0.2) is 0 Å². The van der Waals surface area contributed by atoms with Crippen LogP contribution in [0.5, 0.6) is 0 Å². The number of unbranched alkanes of at least 4 members (excludes halogenated alkanes) is 3. The van der Waals surface area contributed by atoms with E-state index in [4.69, 9.17) is 5.11 Å². The lowest BCUT2D eigenvalue weighted by atomic mass is 10.1. The van der Waals surface area contributed by atoms with Crippen LogP contribution in [0.15, 0.2) is 17.4 Å². The predicted octanol–water partition coefficient (Wildman–Crippen LogP) is 3.44. The molecule has 0 saturated heterocycles. The molecule has 0 aromatic heterocycles. The summed E-state index contributed by atoms with van der Waals surface area (Å²) in [4.78, 5) is 0. The number of hydrogen-bond donors (Lipinski definition) is 1. The molecule has 0 aromatic rings. The number of hydrogen-bond acceptors (Lipinski definition) is 1. The van der Waals surface area contributed by atoms with Gasteiger partial charge in [0.2, 0.25) is 0 Å². The third-order valence-corrected chi connectivity index (χ3v) is 2.16. The molecule has 0 aromatic carbocycles. The Labute approximate surface area is 82.2 Å². The first-order valence-electron chi connectivity index (χ1n) is 5.38. The SMILES string of the molecule is CCCCCCC(=C=CCO)CC. The molecule has 0 amide bonds. The van der Waals surface area contributed by atoms with Gasteiger partial charge in [-0.3, -0.25) is 0 Å². The minimum atomic E-state index is 0.110. The Hall–Kier alpha value is -0.520. The van der Waals surface area contributed by atoms with Crippen LogP contribution in [-0.2, 0) is 0 Å². The molecule has 1 heteroatoms. The fraction of sp³-hybridized carbons (Fsp3) is 0.750. The maximum atomic E-state index is 8.59. The van der Waals surface area contributed by atoms with Crippen LogP contribution in [-0.4, -0.2) is 11.7 Å². The number of aliphatic hydroxyl groups is 1. The summed E-state index contributed by atoms with van der Waals surface area (Å²) in [6.45, 7) is 4.48. The summed E-state index contributed by atoms with van der Waals surface area (Å²) in [5.74, 6) is 0. The lowest BCUT2D eigenvalue weighted by molar-refractivity contribution is 0.343. The van der Waals surface area contributed by atoms with Crippen LogP contribution in [0.2, 0.25) is 0 Å².